The van der Waals surface area contributed by atoms with Crippen molar-refractivity contribution in [3.63, 3.8) is 0 Å². The zero-order valence-electron chi connectivity index (χ0n) is 19.1. The average Bonchev–Trinajstić information content (AvgIpc) is 3.56. The van der Waals surface area contributed by atoms with E-state index in [0.29, 0.717) is 30.7 Å². The fourth-order valence-corrected chi connectivity index (χ4v) is 5.87. The van der Waals surface area contributed by atoms with E-state index in [0.717, 1.165) is 15.4 Å². The van der Waals surface area contributed by atoms with Crippen LogP contribution >= 0.6 is 59.4 Å². The number of H-pyrrole nitrogens is 1. The molecule has 2 heterocycles. The lowest BCUT2D eigenvalue weighted by Crippen LogP contribution is -2.19. The molecule has 0 saturated heterocycles. The van der Waals surface area contributed by atoms with Gasteiger partial charge < -0.3 is 14.1 Å². The molecule has 2 N–H and O–H groups in total. The molecule has 0 atom stereocenters. The van der Waals surface area contributed by atoms with Crippen molar-refractivity contribution in [3.8, 4) is 16.9 Å². The number of benzene rings is 3. The smallest absolute Gasteiger partial charge is 0.379 e. The summed E-state index contributed by atoms with van der Waals surface area (Å²) in [4.78, 5) is 29.0. The summed E-state index contributed by atoms with van der Waals surface area (Å²) in [6, 6.07) is 19.5. The normalized spacial score (nSPS) is 11.3. The Bertz CT molecular complexity index is 1710. The summed E-state index contributed by atoms with van der Waals surface area (Å²) in [6.45, 7) is 0. The summed E-state index contributed by atoms with van der Waals surface area (Å²) >= 11 is 16.9. The molecule has 0 unspecified atom stereocenters. The third-order valence-corrected chi connectivity index (χ3v) is 7.51. The number of amides is 1. The van der Waals surface area contributed by atoms with Crippen molar-refractivity contribution < 1.29 is 18.7 Å². The summed E-state index contributed by atoms with van der Waals surface area (Å²) in [5, 5.41) is 5.47. The van der Waals surface area contributed by atoms with Gasteiger partial charge in [0.2, 0.25) is 5.76 Å². The first-order valence-electron chi connectivity index (χ1n) is 11.0. The number of hydrogen-bond donors (Lipinski definition) is 2. The fourth-order valence-electron chi connectivity index (χ4n) is 3.83. The van der Waals surface area contributed by atoms with Crippen molar-refractivity contribution in [2.45, 2.75) is 0 Å². The van der Waals surface area contributed by atoms with Crippen molar-refractivity contribution in [3.05, 3.63) is 108 Å². The highest BCUT2D eigenvalue weighted by Crippen LogP contribution is 2.39. The van der Waals surface area contributed by atoms with E-state index in [-0.39, 0.29) is 17.2 Å². The Morgan fingerprint density at radius 3 is 2.58 bits per heavy atom. The molecule has 38 heavy (non-hydrogen) atoms. The highest BCUT2D eigenvalue weighted by atomic mass is 79.9. The van der Waals surface area contributed by atoms with Crippen molar-refractivity contribution in [1.29, 1.82) is 0 Å². The summed E-state index contributed by atoms with van der Waals surface area (Å²) in [5.41, 5.74) is 5.38. The SMILES string of the molecule is O=C(Oc1c(Br)cc(Br)cc1C=NNC(=O)c1[nH]c2c(Br)cccc2c1-c1ccccc1Cl)c1ccco1. The number of nitrogens with zero attached hydrogens (tertiary/aromatic N) is 1. The largest absolute Gasteiger partial charge is 0.457 e. The van der Waals surface area contributed by atoms with Crippen LogP contribution in [0.5, 0.6) is 5.75 Å². The third kappa shape index (κ3) is 5.35. The van der Waals surface area contributed by atoms with Gasteiger partial charge in [-0.25, -0.2) is 10.2 Å². The van der Waals surface area contributed by atoms with Crippen molar-refractivity contribution in [1.82, 2.24) is 10.4 Å². The van der Waals surface area contributed by atoms with Crippen LogP contribution in [0.4, 0.5) is 0 Å². The number of hydrazone groups is 1. The second-order valence-corrected chi connectivity index (χ2v) is 10.9. The van der Waals surface area contributed by atoms with E-state index < -0.39 is 11.9 Å². The molecule has 0 aliphatic heterocycles. The molecule has 3 aromatic carbocycles. The molecular weight excluding hydrogens is 705 g/mol. The van der Waals surface area contributed by atoms with Gasteiger partial charge in [0.15, 0.2) is 5.75 Å². The summed E-state index contributed by atoms with van der Waals surface area (Å²) in [7, 11) is 0. The summed E-state index contributed by atoms with van der Waals surface area (Å²) < 4.78 is 12.7. The lowest BCUT2D eigenvalue weighted by Gasteiger charge is -2.10. The zero-order chi connectivity index (χ0) is 26.8. The second kappa shape index (κ2) is 11.3. The van der Waals surface area contributed by atoms with Crippen molar-refractivity contribution in [2.24, 2.45) is 5.10 Å². The van der Waals surface area contributed by atoms with Gasteiger partial charge in [-0.3, -0.25) is 4.79 Å². The number of fused-ring (bicyclic) bond motifs is 1. The number of carbonyl (C=O) groups is 2. The molecule has 190 valence electrons. The molecule has 5 aromatic rings. The van der Waals surface area contributed by atoms with Crippen LogP contribution in [0.1, 0.15) is 26.6 Å². The van der Waals surface area contributed by atoms with E-state index >= 15 is 0 Å². The number of nitrogens with one attached hydrogen (secondary N) is 2. The van der Waals surface area contributed by atoms with E-state index in [9.17, 15) is 9.59 Å². The minimum absolute atomic E-state index is 0.0492. The van der Waals surface area contributed by atoms with Crippen molar-refractivity contribution >= 4 is 88.4 Å². The maximum absolute atomic E-state index is 13.3. The Morgan fingerprint density at radius 2 is 1.82 bits per heavy atom. The van der Waals surface area contributed by atoms with Crippen molar-refractivity contribution in [2.75, 3.05) is 0 Å². The highest BCUT2D eigenvalue weighted by Gasteiger charge is 2.22. The first-order valence-corrected chi connectivity index (χ1v) is 13.7. The number of esters is 1. The number of aromatic amines is 1. The Balaban J connectivity index is 1.47. The first kappa shape index (κ1) is 26.4. The van der Waals surface area contributed by atoms with Gasteiger partial charge in [-0.15, -0.1) is 0 Å². The number of carbonyl (C=O) groups excluding carboxylic acids is 2. The highest BCUT2D eigenvalue weighted by molar-refractivity contribution is 9.11. The van der Waals surface area contributed by atoms with E-state index in [1.54, 1.807) is 24.3 Å². The molecule has 1 amide bonds. The Hall–Kier alpha value is -3.18. The van der Waals surface area contributed by atoms with Crippen LogP contribution in [0, 0.1) is 0 Å². The maximum Gasteiger partial charge on any atom is 0.379 e. The van der Waals surface area contributed by atoms with Crippen LogP contribution in [-0.2, 0) is 0 Å². The Labute approximate surface area is 246 Å². The van der Waals surface area contributed by atoms with Gasteiger partial charge in [0.25, 0.3) is 5.91 Å². The number of furan rings is 1. The second-order valence-electron chi connectivity index (χ2n) is 7.89. The summed E-state index contributed by atoms with van der Waals surface area (Å²) in [5.74, 6) is -0.904. The lowest BCUT2D eigenvalue weighted by molar-refractivity contribution is 0.0699. The van der Waals surface area contributed by atoms with Gasteiger partial charge in [0, 0.05) is 36.0 Å². The fraction of sp³-hybridized carbons (Fsp3) is 0. The molecule has 2 aromatic heterocycles. The van der Waals surface area contributed by atoms with Gasteiger partial charge >= 0.3 is 5.97 Å². The summed E-state index contributed by atoms with van der Waals surface area (Å²) in [6.07, 6.45) is 2.76. The van der Waals surface area contributed by atoms with Crippen LogP contribution in [0.2, 0.25) is 5.02 Å². The van der Waals surface area contributed by atoms with E-state index in [1.165, 1.54) is 18.5 Å². The zero-order valence-corrected chi connectivity index (χ0v) is 24.6. The molecule has 0 aliphatic carbocycles. The van der Waals surface area contributed by atoms with Gasteiger partial charge in [-0.1, -0.05) is 57.9 Å². The minimum Gasteiger partial charge on any atom is -0.457 e. The first-order chi connectivity index (χ1) is 18.3. The number of rotatable bonds is 6. The van der Waals surface area contributed by atoms with E-state index in [4.69, 9.17) is 20.8 Å². The van der Waals surface area contributed by atoms with Gasteiger partial charge in [-0.05, 0) is 68.3 Å². The number of ether oxygens (including phenoxy) is 1. The maximum atomic E-state index is 13.3. The standard InChI is InChI=1S/C27H15Br3ClN3O4/c28-15-11-14(25(19(30)12-15)38-27(36)21-9-4-10-37-21)13-32-34-26(35)24-22(16-5-1-2-8-20(16)31)17-6-3-7-18(29)23(17)33-24/h1-13,33H,(H,34,35). The topological polar surface area (TPSA) is 96.7 Å². The van der Waals surface area contributed by atoms with Gasteiger partial charge in [0.1, 0.15) is 5.69 Å². The Morgan fingerprint density at radius 1 is 1.00 bits per heavy atom. The Kier molecular flexibility index (Phi) is 7.85. The number of para-hydroxylation sites is 1. The molecule has 0 spiro atoms. The van der Waals surface area contributed by atoms with Crippen LogP contribution in [0.15, 0.2) is 95.9 Å². The minimum atomic E-state index is -0.676. The van der Waals surface area contributed by atoms with Gasteiger partial charge in [0.05, 0.1) is 22.5 Å². The van der Waals surface area contributed by atoms with Crippen LogP contribution in [-0.4, -0.2) is 23.1 Å². The lowest BCUT2D eigenvalue weighted by atomic mass is 10.0. The molecular formula is C27H15Br3ClN3O4. The van der Waals surface area contributed by atoms with Crippen LogP contribution in [0.3, 0.4) is 0 Å². The average molecular weight is 721 g/mol. The monoisotopic (exact) mass is 717 g/mol. The third-order valence-electron chi connectivity index (χ3n) is 5.48. The molecule has 11 heteroatoms. The number of hydrogen-bond acceptors (Lipinski definition) is 5. The van der Waals surface area contributed by atoms with E-state index in [2.05, 4.69) is 63.3 Å². The predicted octanol–water partition coefficient (Wildman–Crippen LogP) is 8.35. The number of halogens is 4. The number of aromatic nitrogens is 1. The van der Waals surface area contributed by atoms with Crippen LogP contribution < -0.4 is 10.2 Å². The molecule has 0 radical (unpaired) electrons. The molecule has 0 aliphatic rings. The van der Waals surface area contributed by atoms with E-state index in [1.807, 2.05) is 36.4 Å². The van der Waals surface area contributed by atoms with Gasteiger partial charge in [-0.2, -0.15) is 5.10 Å². The molecule has 0 bridgehead atoms. The molecule has 5 rings (SSSR count). The molecule has 0 fully saturated rings. The predicted molar refractivity (Wildman–Crippen MR) is 157 cm³/mol. The molecule has 0 saturated carbocycles. The van der Waals surface area contributed by atoms with Crippen LogP contribution in [0.25, 0.3) is 22.0 Å². The quantitative estimate of drug-likeness (QED) is 0.0798. The molecule has 7 nitrogen and oxygen atoms in total.